The molecule has 1 heterocycles. The first-order chi connectivity index (χ1) is 10.9. The Labute approximate surface area is 148 Å². The monoisotopic (exact) mass is 357 g/mol. The van der Waals surface area contributed by atoms with Crippen LogP contribution in [0.2, 0.25) is 0 Å². The number of rotatable bonds is 4. The van der Waals surface area contributed by atoms with E-state index in [1.165, 1.54) is 18.2 Å². The fourth-order valence-electron chi connectivity index (χ4n) is 2.71. The number of amides is 2. The number of nitrogens with zero attached hydrogens (tertiary/aromatic N) is 1. The molecule has 2 unspecified atom stereocenters. The van der Waals surface area contributed by atoms with Crippen LogP contribution in [-0.4, -0.2) is 48.4 Å². The molecule has 2 rings (SSSR count). The summed E-state index contributed by atoms with van der Waals surface area (Å²) in [4.78, 5) is 26.8. The van der Waals surface area contributed by atoms with Gasteiger partial charge in [-0.05, 0) is 25.0 Å². The SMILES string of the molecule is CC1CN(C(=O)C(NC(=O)c2ccccc2F)C(C)C)CCN1.Cl. The number of piperazine rings is 1. The highest BCUT2D eigenvalue weighted by molar-refractivity contribution is 5.97. The highest BCUT2D eigenvalue weighted by Gasteiger charge is 2.31. The lowest BCUT2D eigenvalue weighted by Gasteiger charge is -2.35. The van der Waals surface area contributed by atoms with Gasteiger partial charge in [0.15, 0.2) is 0 Å². The highest BCUT2D eigenvalue weighted by atomic mass is 35.5. The molecule has 2 amide bonds. The van der Waals surface area contributed by atoms with E-state index in [0.29, 0.717) is 13.1 Å². The molecule has 5 nitrogen and oxygen atoms in total. The maximum absolute atomic E-state index is 13.7. The van der Waals surface area contributed by atoms with Crippen LogP contribution in [0, 0.1) is 11.7 Å². The minimum Gasteiger partial charge on any atom is -0.340 e. The van der Waals surface area contributed by atoms with Gasteiger partial charge in [0, 0.05) is 25.7 Å². The van der Waals surface area contributed by atoms with E-state index in [1.54, 1.807) is 11.0 Å². The second kappa shape index (κ2) is 8.99. The van der Waals surface area contributed by atoms with Crippen molar-refractivity contribution >= 4 is 24.2 Å². The average molecular weight is 358 g/mol. The average Bonchev–Trinajstić information content (AvgIpc) is 2.52. The van der Waals surface area contributed by atoms with Gasteiger partial charge in [0.25, 0.3) is 5.91 Å². The Balaban J connectivity index is 0.00000288. The topological polar surface area (TPSA) is 61.4 Å². The molecule has 0 bridgehead atoms. The summed E-state index contributed by atoms with van der Waals surface area (Å²) in [6.07, 6.45) is 0. The Morgan fingerprint density at radius 2 is 2.00 bits per heavy atom. The van der Waals surface area contributed by atoms with Gasteiger partial charge in [-0.3, -0.25) is 9.59 Å². The van der Waals surface area contributed by atoms with Crippen molar-refractivity contribution in [3.05, 3.63) is 35.6 Å². The van der Waals surface area contributed by atoms with E-state index < -0.39 is 17.8 Å². The third-order valence-electron chi connectivity index (χ3n) is 4.02. The predicted molar refractivity (Wildman–Crippen MR) is 93.8 cm³/mol. The van der Waals surface area contributed by atoms with Gasteiger partial charge >= 0.3 is 0 Å². The zero-order chi connectivity index (χ0) is 17.0. The zero-order valence-corrected chi connectivity index (χ0v) is 15.0. The van der Waals surface area contributed by atoms with Gasteiger partial charge in [-0.15, -0.1) is 12.4 Å². The molecule has 1 saturated heterocycles. The second-order valence-electron chi connectivity index (χ2n) is 6.31. The van der Waals surface area contributed by atoms with Crippen molar-refractivity contribution in [2.75, 3.05) is 19.6 Å². The van der Waals surface area contributed by atoms with Gasteiger partial charge in [-0.1, -0.05) is 26.0 Å². The number of carbonyl (C=O) groups excluding carboxylic acids is 2. The lowest BCUT2D eigenvalue weighted by molar-refractivity contribution is -0.135. The molecule has 24 heavy (non-hydrogen) atoms. The van der Waals surface area contributed by atoms with Crippen LogP contribution < -0.4 is 10.6 Å². The Morgan fingerprint density at radius 1 is 1.33 bits per heavy atom. The Bertz CT molecular complexity index is 583. The van der Waals surface area contributed by atoms with Crippen LogP contribution in [0.4, 0.5) is 4.39 Å². The highest BCUT2D eigenvalue weighted by Crippen LogP contribution is 2.12. The molecule has 134 valence electrons. The maximum Gasteiger partial charge on any atom is 0.254 e. The van der Waals surface area contributed by atoms with E-state index in [0.717, 1.165) is 6.54 Å². The fourth-order valence-corrected chi connectivity index (χ4v) is 2.71. The molecule has 1 aliphatic rings. The van der Waals surface area contributed by atoms with Crippen molar-refractivity contribution < 1.29 is 14.0 Å². The van der Waals surface area contributed by atoms with E-state index in [-0.39, 0.29) is 35.8 Å². The normalized spacial score (nSPS) is 18.7. The number of hydrogen-bond donors (Lipinski definition) is 2. The molecule has 0 aromatic heterocycles. The van der Waals surface area contributed by atoms with E-state index in [2.05, 4.69) is 10.6 Å². The summed E-state index contributed by atoms with van der Waals surface area (Å²) in [5.74, 6) is -1.34. The minimum atomic E-state index is -0.660. The molecule has 2 atom stereocenters. The standard InChI is InChI=1S/C17H24FN3O2.ClH/c1-11(2)15(17(23)21-9-8-19-12(3)10-21)20-16(22)13-6-4-5-7-14(13)18;/h4-7,11-12,15,19H,8-10H2,1-3H3,(H,20,22);1H. The summed E-state index contributed by atoms with van der Waals surface area (Å²) in [7, 11) is 0. The molecule has 0 radical (unpaired) electrons. The summed E-state index contributed by atoms with van der Waals surface area (Å²) >= 11 is 0. The van der Waals surface area contributed by atoms with Crippen LogP contribution in [-0.2, 0) is 4.79 Å². The summed E-state index contributed by atoms with van der Waals surface area (Å²) in [6, 6.07) is 5.34. The van der Waals surface area contributed by atoms with E-state index in [4.69, 9.17) is 0 Å². The molecule has 0 spiro atoms. The third-order valence-corrected chi connectivity index (χ3v) is 4.02. The van der Waals surface area contributed by atoms with Crippen molar-refractivity contribution in [2.24, 2.45) is 5.92 Å². The zero-order valence-electron chi connectivity index (χ0n) is 14.2. The molecule has 1 aromatic rings. The number of nitrogens with one attached hydrogen (secondary N) is 2. The summed E-state index contributed by atoms with van der Waals surface area (Å²) in [6.45, 7) is 7.71. The van der Waals surface area contributed by atoms with Crippen molar-refractivity contribution in [1.82, 2.24) is 15.5 Å². The summed E-state index contributed by atoms with van der Waals surface area (Å²) < 4.78 is 13.7. The Kier molecular flexibility index (Phi) is 7.63. The quantitative estimate of drug-likeness (QED) is 0.864. The lowest BCUT2D eigenvalue weighted by Crippen LogP contribution is -2.58. The number of hydrogen-bond acceptors (Lipinski definition) is 3. The first-order valence-electron chi connectivity index (χ1n) is 7.97. The van der Waals surface area contributed by atoms with Crippen molar-refractivity contribution in [3.8, 4) is 0 Å². The Hall–Kier alpha value is -1.66. The van der Waals surface area contributed by atoms with Crippen LogP contribution >= 0.6 is 12.4 Å². The second-order valence-corrected chi connectivity index (χ2v) is 6.31. The van der Waals surface area contributed by atoms with Gasteiger partial charge in [0.05, 0.1) is 5.56 Å². The first kappa shape index (κ1) is 20.4. The maximum atomic E-state index is 13.7. The van der Waals surface area contributed by atoms with E-state index in [1.807, 2.05) is 20.8 Å². The minimum absolute atomic E-state index is 0. The lowest BCUT2D eigenvalue weighted by atomic mass is 10.0. The Morgan fingerprint density at radius 3 is 2.58 bits per heavy atom. The summed E-state index contributed by atoms with van der Waals surface area (Å²) in [5.41, 5.74) is -0.0420. The summed E-state index contributed by atoms with van der Waals surface area (Å²) in [5, 5.41) is 5.97. The molecule has 7 heteroatoms. The molecule has 1 aromatic carbocycles. The van der Waals surface area contributed by atoms with Crippen LogP contribution in [0.25, 0.3) is 0 Å². The van der Waals surface area contributed by atoms with Crippen molar-refractivity contribution in [2.45, 2.75) is 32.9 Å². The molecule has 0 saturated carbocycles. The predicted octanol–water partition coefficient (Wildman–Crippen LogP) is 1.82. The van der Waals surface area contributed by atoms with Crippen LogP contribution in [0.15, 0.2) is 24.3 Å². The van der Waals surface area contributed by atoms with Gasteiger partial charge in [0.1, 0.15) is 11.9 Å². The number of halogens is 2. The van der Waals surface area contributed by atoms with Gasteiger partial charge in [-0.25, -0.2) is 4.39 Å². The molecule has 1 fully saturated rings. The van der Waals surface area contributed by atoms with Gasteiger partial charge in [0.2, 0.25) is 5.91 Å². The fraction of sp³-hybridized carbons (Fsp3) is 0.529. The van der Waals surface area contributed by atoms with Gasteiger partial charge in [-0.2, -0.15) is 0 Å². The number of benzene rings is 1. The molecule has 0 aliphatic carbocycles. The van der Waals surface area contributed by atoms with Gasteiger partial charge < -0.3 is 15.5 Å². The van der Waals surface area contributed by atoms with Crippen LogP contribution in [0.1, 0.15) is 31.1 Å². The molecule has 2 N–H and O–H groups in total. The molecular weight excluding hydrogens is 333 g/mol. The van der Waals surface area contributed by atoms with Crippen molar-refractivity contribution in [1.29, 1.82) is 0 Å². The van der Waals surface area contributed by atoms with Crippen LogP contribution in [0.3, 0.4) is 0 Å². The first-order valence-corrected chi connectivity index (χ1v) is 7.97. The smallest absolute Gasteiger partial charge is 0.254 e. The van der Waals surface area contributed by atoms with Crippen molar-refractivity contribution in [3.63, 3.8) is 0 Å². The largest absolute Gasteiger partial charge is 0.340 e. The van der Waals surface area contributed by atoms with Crippen LogP contribution in [0.5, 0.6) is 0 Å². The third kappa shape index (κ3) is 4.92. The molecule has 1 aliphatic heterocycles. The number of carbonyl (C=O) groups is 2. The van der Waals surface area contributed by atoms with E-state index in [9.17, 15) is 14.0 Å². The van der Waals surface area contributed by atoms with E-state index >= 15 is 0 Å². The molecular formula is C17H25ClFN3O2.